The Morgan fingerprint density at radius 2 is 1.83 bits per heavy atom. The fourth-order valence-corrected chi connectivity index (χ4v) is 2.78. The fraction of sp³-hybridized carbons (Fsp3) is 0.375. The Bertz CT molecular complexity index is 815. The first-order chi connectivity index (χ1) is 11.5. The topological polar surface area (TPSA) is 125 Å². The number of hydrogen-bond donors (Lipinski definition) is 4. The van der Waals surface area contributed by atoms with Crippen molar-refractivity contribution < 1.29 is 20.1 Å². The maximum Gasteiger partial charge on any atom is 0.328 e. The van der Waals surface area contributed by atoms with Gasteiger partial charge in [-0.15, -0.1) is 0 Å². The van der Waals surface area contributed by atoms with Gasteiger partial charge in [-0.2, -0.15) is 0 Å². The Kier molecular flexibility index (Phi) is 4.63. The van der Waals surface area contributed by atoms with Crippen LogP contribution in [0.15, 0.2) is 46.1 Å². The molecule has 1 aliphatic rings. The molecule has 1 aromatic carbocycles. The molecule has 0 saturated carbocycles. The summed E-state index contributed by atoms with van der Waals surface area (Å²) in [5, 5.41) is 29.0. The zero-order valence-corrected chi connectivity index (χ0v) is 12.7. The van der Waals surface area contributed by atoms with Crippen LogP contribution in [0, 0.1) is 0 Å². The van der Waals surface area contributed by atoms with Crippen molar-refractivity contribution in [1.82, 2.24) is 9.55 Å². The van der Waals surface area contributed by atoms with E-state index in [0.717, 1.165) is 5.56 Å². The van der Waals surface area contributed by atoms with Crippen molar-refractivity contribution in [3.8, 4) is 0 Å². The average Bonchev–Trinajstić information content (AvgIpc) is 2.86. The number of aliphatic hydroxyl groups is 3. The van der Waals surface area contributed by atoms with Crippen LogP contribution in [-0.2, 0) is 11.3 Å². The lowest BCUT2D eigenvalue weighted by atomic mass is 10.0. The number of H-pyrrole nitrogens is 1. The van der Waals surface area contributed by atoms with E-state index in [1.54, 1.807) is 0 Å². The van der Waals surface area contributed by atoms with Gasteiger partial charge in [-0.25, -0.2) is 4.79 Å². The molecular formula is C16H18N2O6. The van der Waals surface area contributed by atoms with Gasteiger partial charge in [0.05, 0.1) is 18.7 Å². The lowest BCUT2D eigenvalue weighted by Crippen LogP contribution is -2.36. The summed E-state index contributed by atoms with van der Waals surface area (Å²) in [5.74, 6) is 0. The highest BCUT2D eigenvalue weighted by Gasteiger charge is 2.44. The van der Waals surface area contributed by atoms with Gasteiger partial charge in [0.25, 0.3) is 5.56 Å². The number of nitrogens with zero attached hydrogens (tertiary/aromatic N) is 1. The third-order valence-electron chi connectivity index (χ3n) is 4.08. The molecule has 2 aromatic rings. The Balaban J connectivity index is 1.96. The van der Waals surface area contributed by atoms with E-state index in [1.807, 2.05) is 30.3 Å². The molecule has 1 fully saturated rings. The monoisotopic (exact) mass is 334 g/mol. The summed E-state index contributed by atoms with van der Waals surface area (Å²) in [5.41, 5.74) is -0.398. The van der Waals surface area contributed by atoms with Crippen molar-refractivity contribution in [2.75, 3.05) is 6.61 Å². The standard InChI is InChI=1S/C16H18N2O6/c19-8-11-12(20)13(21)14(24-11)10-7-18(16(23)17-15(10)22)6-9-4-2-1-3-5-9/h1-5,7,11-14,19-21H,6,8H2,(H,17,22,23)/t11-,12?,13+,14+/m1/s1. The highest BCUT2D eigenvalue weighted by atomic mass is 16.6. The largest absolute Gasteiger partial charge is 0.394 e. The van der Waals surface area contributed by atoms with Crippen LogP contribution in [0.4, 0.5) is 0 Å². The summed E-state index contributed by atoms with van der Waals surface area (Å²) in [4.78, 5) is 26.3. The van der Waals surface area contributed by atoms with E-state index < -0.39 is 42.3 Å². The summed E-state index contributed by atoms with van der Waals surface area (Å²) in [6.45, 7) is -0.255. The van der Waals surface area contributed by atoms with Crippen molar-refractivity contribution in [2.24, 2.45) is 0 Å². The summed E-state index contributed by atoms with van der Waals surface area (Å²) in [7, 11) is 0. The van der Waals surface area contributed by atoms with E-state index >= 15 is 0 Å². The van der Waals surface area contributed by atoms with E-state index in [1.165, 1.54) is 10.8 Å². The van der Waals surface area contributed by atoms with Gasteiger partial charge in [0, 0.05) is 6.20 Å². The molecule has 0 spiro atoms. The Hall–Kier alpha value is -2.26. The Labute approximate surface area is 136 Å². The molecule has 4 N–H and O–H groups in total. The summed E-state index contributed by atoms with van der Waals surface area (Å²) in [6.07, 6.45) is -3.48. The predicted octanol–water partition coefficient (Wildman–Crippen LogP) is -1.26. The molecule has 2 heterocycles. The second-order valence-electron chi connectivity index (χ2n) is 5.72. The van der Waals surface area contributed by atoms with Crippen molar-refractivity contribution in [1.29, 1.82) is 0 Å². The highest BCUT2D eigenvalue weighted by Crippen LogP contribution is 2.31. The second-order valence-corrected chi connectivity index (χ2v) is 5.72. The molecule has 0 aliphatic carbocycles. The van der Waals surface area contributed by atoms with Crippen LogP contribution in [0.1, 0.15) is 17.2 Å². The smallest absolute Gasteiger partial charge is 0.328 e. The minimum absolute atomic E-state index is 0.0213. The summed E-state index contributed by atoms with van der Waals surface area (Å²) in [6, 6.07) is 9.19. The number of hydrogen-bond acceptors (Lipinski definition) is 6. The highest BCUT2D eigenvalue weighted by molar-refractivity contribution is 5.18. The molecule has 1 aromatic heterocycles. The van der Waals surface area contributed by atoms with Gasteiger partial charge in [0.15, 0.2) is 0 Å². The van der Waals surface area contributed by atoms with Gasteiger partial charge in [-0.1, -0.05) is 30.3 Å². The average molecular weight is 334 g/mol. The molecule has 4 atom stereocenters. The number of ether oxygens (including phenoxy) is 1. The molecule has 8 nitrogen and oxygen atoms in total. The molecule has 1 aliphatic heterocycles. The number of nitrogens with one attached hydrogen (secondary N) is 1. The molecule has 1 saturated heterocycles. The lowest BCUT2D eigenvalue weighted by Gasteiger charge is -2.15. The SMILES string of the molecule is O=c1[nH]c(=O)n(Cc2ccccc2)cc1[C@@H]1O[C@H](CO)C(O)[C@@H]1O. The van der Waals surface area contributed by atoms with Crippen LogP contribution in [0.25, 0.3) is 0 Å². The van der Waals surface area contributed by atoms with Gasteiger partial charge < -0.3 is 20.1 Å². The van der Waals surface area contributed by atoms with Crippen molar-refractivity contribution in [3.05, 3.63) is 68.5 Å². The van der Waals surface area contributed by atoms with Crippen LogP contribution >= 0.6 is 0 Å². The van der Waals surface area contributed by atoms with Crippen LogP contribution < -0.4 is 11.2 Å². The number of aromatic nitrogens is 2. The quantitative estimate of drug-likeness (QED) is 0.553. The molecule has 0 bridgehead atoms. The molecular weight excluding hydrogens is 316 g/mol. The molecule has 1 unspecified atom stereocenters. The lowest BCUT2D eigenvalue weighted by molar-refractivity contribution is -0.0233. The first kappa shape index (κ1) is 16.6. The summed E-state index contributed by atoms with van der Waals surface area (Å²) >= 11 is 0. The second kappa shape index (κ2) is 6.70. The maximum atomic E-state index is 12.1. The third kappa shape index (κ3) is 3.04. The zero-order valence-electron chi connectivity index (χ0n) is 12.7. The van der Waals surface area contributed by atoms with Gasteiger partial charge in [-0.05, 0) is 5.56 Å². The van der Waals surface area contributed by atoms with E-state index in [-0.39, 0.29) is 12.1 Å². The van der Waals surface area contributed by atoms with Crippen LogP contribution in [0.3, 0.4) is 0 Å². The Morgan fingerprint density at radius 3 is 2.46 bits per heavy atom. The van der Waals surface area contributed by atoms with E-state index in [9.17, 15) is 19.8 Å². The maximum absolute atomic E-state index is 12.1. The molecule has 0 amide bonds. The first-order valence-electron chi connectivity index (χ1n) is 7.51. The first-order valence-corrected chi connectivity index (χ1v) is 7.51. The minimum Gasteiger partial charge on any atom is -0.394 e. The summed E-state index contributed by atoms with van der Waals surface area (Å²) < 4.78 is 6.65. The molecule has 3 rings (SSSR count). The van der Waals surface area contributed by atoms with E-state index in [2.05, 4.69) is 4.98 Å². The zero-order chi connectivity index (χ0) is 17.3. The van der Waals surface area contributed by atoms with Gasteiger partial charge in [0.1, 0.15) is 24.4 Å². The molecule has 8 heteroatoms. The van der Waals surface area contributed by atoms with Crippen molar-refractivity contribution in [3.63, 3.8) is 0 Å². The number of aromatic amines is 1. The number of rotatable bonds is 4. The number of benzene rings is 1. The van der Waals surface area contributed by atoms with Crippen LogP contribution in [0.5, 0.6) is 0 Å². The van der Waals surface area contributed by atoms with Crippen molar-refractivity contribution in [2.45, 2.75) is 31.0 Å². The van der Waals surface area contributed by atoms with E-state index in [4.69, 9.17) is 9.84 Å². The Morgan fingerprint density at radius 1 is 1.12 bits per heavy atom. The number of aliphatic hydroxyl groups excluding tert-OH is 3. The minimum atomic E-state index is -1.37. The molecule has 128 valence electrons. The van der Waals surface area contributed by atoms with Gasteiger partial charge in [-0.3, -0.25) is 14.3 Å². The van der Waals surface area contributed by atoms with Crippen LogP contribution in [0.2, 0.25) is 0 Å². The van der Waals surface area contributed by atoms with E-state index in [0.29, 0.717) is 0 Å². The normalized spacial score (nSPS) is 26.6. The van der Waals surface area contributed by atoms with Gasteiger partial charge in [0.2, 0.25) is 0 Å². The molecule has 24 heavy (non-hydrogen) atoms. The van der Waals surface area contributed by atoms with Gasteiger partial charge >= 0.3 is 5.69 Å². The fourth-order valence-electron chi connectivity index (χ4n) is 2.78. The van der Waals surface area contributed by atoms with Crippen LogP contribution in [-0.4, -0.2) is 49.8 Å². The predicted molar refractivity (Wildman–Crippen MR) is 83.6 cm³/mol. The third-order valence-corrected chi connectivity index (χ3v) is 4.08. The van der Waals surface area contributed by atoms with Crippen molar-refractivity contribution >= 4 is 0 Å². The molecule has 0 radical (unpaired) electrons.